The van der Waals surface area contributed by atoms with Gasteiger partial charge in [0.1, 0.15) is 23.0 Å². The summed E-state index contributed by atoms with van der Waals surface area (Å²) in [6, 6.07) is 4.48. The van der Waals surface area contributed by atoms with E-state index in [0.29, 0.717) is 18.5 Å². The van der Waals surface area contributed by atoms with Gasteiger partial charge in [0.25, 0.3) is 0 Å². The Balaban J connectivity index is 1.80. The molecule has 1 aliphatic carbocycles. The van der Waals surface area contributed by atoms with E-state index in [1.807, 2.05) is 43.9 Å². The van der Waals surface area contributed by atoms with Crippen LogP contribution < -0.4 is 16.3 Å². The minimum Gasteiger partial charge on any atom is -0.398 e. The van der Waals surface area contributed by atoms with E-state index in [1.165, 1.54) is 34.9 Å². The summed E-state index contributed by atoms with van der Waals surface area (Å²) in [5.74, 6) is -1.32. The van der Waals surface area contributed by atoms with Crippen LogP contribution in [0.25, 0.3) is 22.3 Å². The Morgan fingerprint density at radius 2 is 1.88 bits per heavy atom. The van der Waals surface area contributed by atoms with Crippen LogP contribution in [0.3, 0.4) is 0 Å². The monoisotopic (exact) mass is 574 g/mol. The molecular weight excluding hydrogens is 538 g/mol. The van der Waals surface area contributed by atoms with Gasteiger partial charge in [0.2, 0.25) is 5.91 Å². The number of benzene rings is 1. The lowest BCUT2D eigenvalue weighted by Gasteiger charge is -2.44. The second kappa shape index (κ2) is 11.2. The number of pyridine rings is 1. The fraction of sp³-hybridized carbons (Fsp3) is 0.375. The molecule has 0 spiro atoms. The fourth-order valence-corrected chi connectivity index (χ4v) is 6.21. The third-order valence-electron chi connectivity index (χ3n) is 8.40. The highest BCUT2D eigenvalue weighted by Gasteiger charge is 2.36. The molecule has 3 heterocycles. The third-order valence-corrected chi connectivity index (χ3v) is 8.40. The number of carbonyl (C=O) groups is 1. The van der Waals surface area contributed by atoms with Crippen molar-refractivity contribution in [3.8, 4) is 11.3 Å². The summed E-state index contributed by atoms with van der Waals surface area (Å²) in [5.41, 5.74) is 6.25. The molecule has 2 aliphatic rings. The number of aromatic nitrogens is 3. The number of hydrogen-bond donors (Lipinski definition) is 1. The molecule has 42 heavy (non-hydrogen) atoms. The van der Waals surface area contributed by atoms with Crippen molar-refractivity contribution >= 4 is 28.4 Å². The van der Waals surface area contributed by atoms with Crippen LogP contribution in [-0.2, 0) is 4.79 Å². The van der Waals surface area contributed by atoms with Crippen molar-refractivity contribution in [2.24, 2.45) is 11.8 Å². The van der Waals surface area contributed by atoms with Crippen LogP contribution in [0.4, 0.5) is 20.3 Å². The third kappa shape index (κ3) is 4.88. The average Bonchev–Trinajstić information content (AvgIpc) is 2.94. The van der Waals surface area contributed by atoms with Crippen molar-refractivity contribution in [3.05, 3.63) is 82.8 Å². The van der Waals surface area contributed by atoms with Gasteiger partial charge < -0.3 is 15.5 Å². The summed E-state index contributed by atoms with van der Waals surface area (Å²) in [6.07, 6.45) is 7.24. The molecule has 1 aromatic carbocycles. The highest BCUT2D eigenvalue weighted by molar-refractivity contribution is 5.91. The van der Waals surface area contributed by atoms with Gasteiger partial charge in [-0.25, -0.2) is 18.6 Å². The second-order valence-electron chi connectivity index (χ2n) is 11.6. The number of halogens is 2. The number of hydrogen-bond acceptors (Lipinski definition) is 6. The molecule has 1 saturated heterocycles. The molecular formula is C32H36F2N6O2. The van der Waals surface area contributed by atoms with Gasteiger partial charge in [0, 0.05) is 36.8 Å². The van der Waals surface area contributed by atoms with E-state index in [9.17, 15) is 9.59 Å². The topological polar surface area (TPSA) is 97.4 Å². The minimum atomic E-state index is -0.787. The molecule has 2 N–H and O–H groups in total. The number of piperazine rings is 1. The van der Waals surface area contributed by atoms with Crippen LogP contribution in [0.5, 0.6) is 0 Å². The van der Waals surface area contributed by atoms with Gasteiger partial charge in [0.05, 0.1) is 17.0 Å². The summed E-state index contributed by atoms with van der Waals surface area (Å²) in [7, 11) is 0. The summed E-state index contributed by atoms with van der Waals surface area (Å²) in [6.45, 7) is 14.2. The van der Waals surface area contributed by atoms with Crippen LogP contribution >= 0.6 is 0 Å². The van der Waals surface area contributed by atoms with E-state index in [2.05, 4.69) is 30.4 Å². The van der Waals surface area contributed by atoms with Crippen LogP contribution in [0.2, 0.25) is 0 Å². The molecule has 0 bridgehead atoms. The maximum absolute atomic E-state index is 16.0. The molecule has 220 valence electrons. The Kier molecular flexibility index (Phi) is 7.74. The molecule has 2 aromatic heterocycles. The Bertz CT molecular complexity index is 1670. The number of rotatable bonds is 5. The number of carbonyl (C=O) groups excluding carboxylic acids is 1. The number of nitrogen functional groups attached to an aromatic ring is 1. The highest BCUT2D eigenvalue weighted by Crippen LogP contribution is 2.39. The first-order valence-electron chi connectivity index (χ1n) is 14.2. The molecule has 4 atom stereocenters. The van der Waals surface area contributed by atoms with E-state index in [4.69, 9.17) is 5.73 Å². The lowest BCUT2D eigenvalue weighted by Crippen LogP contribution is -2.58. The van der Waals surface area contributed by atoms with Crippen molar-refractivity contribution < 1.29 is 13.6 Å². The summed E-state index contributed by atoms with van der Waals surface area (Å²) in [5, 5.41) is 0.318. The number of nitrogens with zero attached hydrogens (tertiary/aromatic N) is 5. The molecule has 0 saturated carbocycles. The summed E-state index contributed by atoms with van der Waals surface area (Å²) < 4.78 is 32.5. The van der Waals surface area contributed by atoms with Gasteiger partial charge in [-0.2, -0.15) is 4.98 Å². The lowest BCUT2D eigenvalue weighted by atomic mass is 9.81. The van der Waals surface area contributed by atoms with E-state index in [-0.39, 0.29) is 58.2 Å². The SMILES string of the molecule is C=CC(=O)N1C[C@H](C)N(c2nc(=O)n(C3C(C)=CC=CC3C(C)C)c3nc(-c4c(N)cccc4F)c(F)cc23)C[C@H]1C. The first-order valence-corrected chi connectivity index (χ1v) is 14.2. The quantitative estimate of drug-likeness (QED) is 0.330. The Hall–Kier alpha value is -4.34. The van der Waals surface area contributed by atoms with E-state index < -0.39 is 23.4 Å². The standard InChI is InChI=1S/C32H36F2N6O2/c1-7-26(41)38-15-20(6)39(16-19(38)5)30-22-14-24(34)28(27-23(33)12-9-13-25(27)35)36-31(22)40(32(42)37-30)29-18(4)10-8-11-21(29)17(2)3/h7-14,17,19-21,29H,1,15-16,35H2,2-6H3/t19-,20+,21?,29?/m1/s1. The lowest BCUT2D eigenvalue weighted by molar-refractivity contribution is -0.128. The van der Waals surface area contributed by atoms with Gasteiger partial charge in [-0.05, 0) is 56.5 Å². The predicted molar refractivity (Wildman–Crippen MR) is 162 cm³/mol. The molecule has 10 heteroatoms. The molecule has 1 fully saturated rings. The summed E-state index contributed by atoms with van der Waals surface area (Å²) in [4.78, 5) is 39.3. The Labute approximate surface area is 243 Å². The van der Waals surface area contributed by atoms with E-state index in [0.717, 1.165) is 5.57 Å². The number of amides is 1. The van der Waals surface area contributed by atoms with Crippen molar-refractivity contribution in [3.63, 3.8) is 0 Å². The van der Waals surface area contributed by atoms with Crippen molar-refractivity contribution in [2.45, 2.75) is 52.7 Å². The van der Waals surface area contributed by atoms with Crippen LogP contribution in [0.15, 0.2) is 65.5 Å². The number of nitrogens with two attached hydrogens (primary N) is 1. The molecule has 5 rings (SSSR count). The maximum Gasteiger partial charge on any atom is 0.351 e. The predicted octanol–water partition coefficient (Wildman–Crippen LogP) is 5.26. The zero-order valence-electron chi connectivity index (χ0n) is 24.5. The second-order valence-corrected chi connectivity index (χ2v) is 11.6. The summed E-state index contributed by atoms with van der Waals surface area (Å²) >= 11 is 0. The molecule has 1 amide bonds. The molecule has 8 nitrogen and oxygen atoms in total. The van der Waals surface area contributed by atoms with Crippen LogP contribution in [0, 0.1) is 23.5 Å². The fourth-order valence-electron chi connectivity index (χ4n) is 6.21. The van der Waals surface area contributed by atoms with Gasteiger partial charge in [0.15, 0.2) is 5.82 Å². The minimum absolute atomic E-state index is 0.0334. The van der Waals surface area contributed by atoms with E-state index >= 15 is 8.78 Å². The molecule has 0 radical (unpaired) electrons. The van der Waals surface area contributed by atoms with Crippen LogP contribution in [0.1, 0.15) is 40.7 Å². The maximum atomic E-state index is 16.0. The van der Waals surface area contributed by atoms with Gasteiger partial charge in [-0.1, -0.05) is 44.7 Å². The molecule has 2 unspecified atom stereocenters. The van der Waals surface area contributed by atoms with Gasteiger partial charge in [-0.3, -0.25) is 9.36 Å². The van der Waals surface area contributed by atoms with Gasteiger partial charge in [-0.15, -0.1) is 0 Å². The van der Waals surface area contributed by atoms with E-state index in [1.54, 1.807) is 4.90 Å². The van der Waals surface area contributed by atoms with Crippen molar-refractivity contribution in [1.29, 1.82) is 0 Å². The molecule has 1 aliphatic heterocycles. The Morgan fingerprint density at radius 3 is 2.55 bits per heavy atom. The smallest absolute Gasteiger partial charge is 0.351 e. The normalized spacial score (nSPS) is 22.5. The number of fused-ring (bicyclic) bond motifs is 1. The zero-order chi connectivity index (χ0) is 30.5. The zero-order valence-corrected chi connectivity index (χ0v) is 24.5. The average molecular weight is 575 g/mol. The van der Waals surface area contributed by atoms with Gasteiger partial charge >= 0.3 is 5.69 Å². The highest BCUT2D eigenvalue weighted by atomic mass is 19.1. The van der Waals surface area contributed by atoms with Crippen molar-refractivity contribution in [1.82, 2.24) is 19.4 Å². The number of allylic oxidation sites excluding steroid dienone is 4. The Morgan fingerprint density at radius 1 is 1.14 bits per heavy atom. The van der Waals surface area contributed by atoms with Crippen LogP contribution in [-0.4, -0.2) is 50.5 Å². The first-order chi connectivity index (χ1) is 19.9. The largest absolute Gasteiger partial charge is 0.398 e. The number of anilines is 2. The molecule has 3 aromatic rings. The first kappa shape index (κ1) is 29.2. The van der Waals surface area contributed by atoms with Crippen molar-refractivity contribution in [2.75, 3.05) is 23.7 Å².